The highest BCUT2D eigenvalue weighted by molar-refractivity contribution is 5.85. The number of fused-ring (bicyclic) bond motifs is 1. The molecule has 0 atom stereocenters. The average molecular weight is 274 g/mol. The Balaban J connectivity index is 1.84. The van der Waals surface area contributed by atoms with Gasteiger partial charge < -0.3 is 0 Å². The molecular weight excluding hydrogens is 259 g/mol. The third-order valence-electron chi connectivity index (χ3n) is 3.36. The number of benzene rings is 3. The van der Waals surface area contributed by atoms with E-state index in [4.69, 9.17) is 0 Å². The van der Waals surface area contributed by atoms with E-state index in [0.29, 0.717) is 5.56 Å². The first kappa shape index (κ1) is 13.3. The first-order valence-corrected chi connectivity index (χ1v) is 6.91. The fourth-order valence-electron chi connectivity index (χ4n) is 2.24. The van der Waals surface area contributed by atoms with Crippen molar-refractivity contribution in [1.29, 1.82) is 0 Å². The van der Waals surface area contributed by atoms with Gasteiger partial charge in [0.15, 0.2) is 0 Å². The van der Waals surface area contributed by atoms with E-state index in [-0.39, 0.29) is 5.83 Å². The Hall–Kier alpha value is -2.67. The van der Waals surface area contributed by atoms with E-state index in [1.165, 1.54) is 6.08 Å². The number of rotatable bonds is 3. The fourth-order valence-corrected chi connectivity index (χ4v) is 2.24. The van der Waals surface area contributed by atoms with Crippen LogP contribution in [0.2, 0.25) is 0 Å². The minimum Gasteiger partial charge on any atom is -0.206 e. The van der Waals surface area contributed by atoms with E-state index in [1.54, 1.807) is 6.08 Å². The number of allylic oxidation sites excluding steroid dienone is 2. The molecule has 0 amide bonds. The summed E-state index contributed by atoms with van der Waals surface area (Å²) in [7, 11) is 0. The lowest BCUT2D eigenvalue weighted by Crippen LogP contribution is -1.79. The topological polar surface area (TPSA) is 0 Å². The molecule has 0 unspecified atom stereocenters. The van der Waals surface area contributed by atoms with Crippen LogP contribution in [0.3, 0.4) is 0 Å². The van der Waals surface area contributed by atoms with Crippen LogP contribution in [-0.4, -0.2) is 0 Å². The SMILES string of the molecule is F/C(=C\C=C\c1ccccc1)c1ccc2ccccc2c1. The average Bonchev–Trinajstić information content (AvgIpc) is 2.55. The summed E-state index contributed by atoms with van der Waals surface area (Å²) in [5.74, 6) is -0.229. The normalized spacial score (nSPS) is 12.1. The molecule has 3 rings (SSSR count). The molecule has 3 aromatic carbocycles. The van der Waals surface area contributed by atoms with Gasteiger partial charge in [-0.1, -0.05) is 78.9 Å². The van der Waals surface area contributed by atoms with E-state index < -0.39 is 0 Å². The lowest BCUT2D eigenvalue weighted by Gasteiger charge is -2.01. The highest BCUT2D eigenvalue weighted by Gasteiger charge is 2.00. The Morgan fingerprint density at radius 2 is 1.48 bits per heavy atom. The summed E-state index contributed by atoms with van der Waals surface area (Å²) in [4.78, 5) is 0. The van der Waals surface area contributed by atoms with Crippen molar-refractivity contribution in [2.75, 3.05) is 0 Å². The molecule has 1 heteroatoms. The second-order valence-electron chi connectivity index (χ2n) is 4.85. The Bertz CT molecular complexity index is 798. The van der Waals surface area contributed by atoms with Crippen LogP contribution in [0.4, 0.5) is 4.39 Å². The molecule has 0 aliphatic heterocycles. The molecule has 0 bridgehead atoms. The number of hydrogen-bond acceptors (Lipinski definition) is 0. The van der Waals surface area contributed by atoms with Gasteiger partial charge in [0.25, 0.3) is 0 Å². The zero-order chi connectivity index (χ0) is 14.5. The first-order valence-electron chi connectivity index (χ1n) is 6.91. The zero-order valence-corrected chi connectivity index (χ0v) is 11.5. The largest absolute Gasteiger partial charge is 0.206 e. The van der Waals surface area contributed by atoms with E-state index >= 15 is 0 Å². The third-order valence-corrected chi connectivity index (χ3v) is 3.36. The molecule has 0 aliphatic rings. The second-order valence-corrected chi connectivity index (χ2v) is 4.85. The molecule has 0 heterocycles. The van der Waals surface area contributed by atoms with Crippen LogP contribution >= 0.6 is 0 Å². The van der Waals surface area contributed by atoms with Crippen molar-refractivity contribution in [3.63, 3.8) is 0 Å². The Kier molecular flexibility index (Phi) is 3.92. The Morgan fingerprint density at radius 3 is 2.29 bits per heavy atom. The summed E-state index contributed by atoms with van der Waals surface area (Å²) in [6, 6.07) is 23.4. The van der Waals surface area contributed by atoms with Gasteiger partial charge in [0.05, 0.1) is 0 Å². The summed E-state index contributed by atoms with van der Waals surface area (Å²) >= 11 is 0. The molecule has 3 aromatic rings. The Labute approximate surface area is 123 Å². The molecule has 0 aliphatic carbocycles. The van der Waals surface area contributed by atoms with Gasteiger partial charge in [-0.15, -0.1) is 0 Å². The van der Waals surface area contributed by atoms with Crippen molar-refractivity contribution in [2.45, 2.75) is 0 Å². The zero-order valence-electron chi connectivity index (χ0n) is 11.5. The molecular formula is C20H15F. The summed E-state index contributed by atoms with van der Waals surface area (Å²) in [6.45, 7) is 0. The third kappa shape index (κ3) is 3.26. The van der Waals surface area contributed by atoms with Gasteiger partial charge in [-0.25, -0.2) is 4.39 Å². The summed E-state index contributed by atoms with van der Waals surface area (Å²) in [5, 5.41) is 2.17. The highest BCUT2D eigenvalue weighted by atomic mass is 19.1. The summed E-state index contributed by atoms with van der Waals surface area (Å²) in [5.41, 5.74) is 1.66. The maximum atomic E-state index is 14.2. The molecule has 0 radical (unpaired) electrons. The van der Waals surface area contributed by atoms with E-state index in [1.807, 2.05) is 78.9 Å². The quantitative estimate of drug-likeness (QED) is 0.524. The minimum atomic E-state index is -0.229. The van der Waals surface area contributed by atoms with E-state index in [9.17, 15) is 4.39 Å². The van der Waals surface area contributed by atoms with Gasteiger partial charge in [0.2, 0.25) is 0 Å². The molecule has 21 heavy (non-hydrogen) atoms. The standard InChI is InChI=1S/C20H15F/c21-20(12-6-9-16-7-2-1-3-8-16)19-14-13-17-10-4-5-11-18(17)15-19/h1-15H/b9-6+,20-12-. The van der Waals surface area contributed by atoms with Gasteiger partial charge in [-0.3, -0.25) is 0 Å². The van der Waals surface area contributed by atoms with Crippen molar-refractivity contribution < 1.29 is 4.39 Å². The van der Waals surface area contributed by atoms with Crippen LogP contribution in [0.15, 0.2) is 84.9 Å². The smallest absolute Gasteiger partial charge is 0.130 e. The molecule has 0 aromatic heterocycles. The monoisotopic (exact) mass is 274 g/mol. The van der Waals surface area contributed by atoms with Crippen LogP contribution < -0.4 is 0 Å². The van der Waals surface area contributed by atoms with Gasteiger partial charge >= 0.3 is 0 Å². The molecule has 0 spiro atoms. The molecule has 102 valence electrons. The first-order chi connectivity index (χ1) is 10.3. The van der Waals surface area contributed by atoms with Crippen LogP contribution in [0.1, 0.15) is 11.1 Å². The fraction of sp³-hybridized carbons (Fsp3) is 0. The van der Waals surface area contributed by atoms with Crippen LogP contribution in [-0.2, 0) is 0 Å². The highest BCUT2D eigenvalue weighted by Crippen LogP contribution is 2.22. The molecule has 0 nitrogen and oxygen atoms in total. The van der Waals surface area contributed by atoms with Gasteiger partial charge in [0, 0.05) is 5.56 Å². The van der Waals surface area contributed by atoms with Crippen molar-refractivity contribution in [3.05, 3.63) is 96.1 Å². The minimum absolute atomic E-state index is 0.229. The molecule has 0 N–H and O–H groups in total. The van der Waals surface area contributed by atoms with Gasteiger partial charge in [-0.2, -0.15) is 0 Å². The predicted octanol–water partition coefficient (Wildman–Crippen LogP) is 5.86. The maximum Gasteiger partial charge on any atom is 0.130 e. The number of halogens is 1. The number of hydrogen-bond donors (Lipinski definition) is 0. The van der Waals surface area contributed by atoms with Gasteiger partial charge in [0.1, 0.15) is 5.83 Å². The predicted molar refractivity (Wildman–Crippen MR) is 88.5 cm³/mol. The van der Waals surface area contributed by atoms with Crippen molar-refractivity contribution in [1.82, 2.24) is 0 Å². The second kappa shape index (κ2) is 6.19. The molecule has 0 saturated heterocycles. The Morgan fingerprint density at radius 1 is 0.762 bits per heavy atom. The van der Waals surface area contributed by atoms with Gasteiger partial charge in [-0.05, 0) is 28.5 Å². The van der Waals surface area contributed by atoms with Crippen molar-refractivity contribution >= 4 is 22.7 Å². The molecule has 0 saturated carbocycles. The van der Waals surface area contributed by atoms with E-state index in [0.717, 1.165) is 16.3 Å². The lowest BCUT2D eigenvalue weighted by molar-refractivity contribution is 0.760. The lowest BCUT2D eigenvalue weighted by atomic mass is 10.1. The van der Waals surface area contributed by atoms with Crippen LogP contribution in [0.5, 0.6) is 0 Å². The van der Waals surface area contributed by atoms with E-state index in [2.05, 4.69) is 0 Å². The summed E-state index contributed by atoms with van der Waals surface area (Å²) < 4.78 is 14.2. The maximum absolute atomic E-state index is 14.2. The van der Waals surface area contributed by atoms with Crippen LogP contribution in [0, 0.1) is 0 Å². The van der Waals surface area contributed by atoms with Crippen molar-refractivity contribution in [2.24, 2.45) is 0 Å². The molecule has 0 fully saturated rings. The van der Waals surface area contributed by atoms with Crippen LogP contribution in [0.25, 0.3) is 22.7 Å². The van der Waals surface area contributed by atoms with Crippen molar-refractivity contribution in [3.8, 4) is 0 Å². The summed E-state index contributed by atoms with van der Waals surface area (Å²) in [6.07, 6.45) is 5.12.